The summed E-state index contributed by atoms with van der Waals surface area (Å²) in [7, 11) is 0. The molecular weight excluding hydrogens is 270 g/mol. The molecule has 1 aromatic heterocycles. The molecule has 1 saturated carbocycles. The number of carbonyl (C=O) groups is 1. The molecule has 0 unspecified atom stereocenters. The molecule has 1 aliphatic carbocycles. The average molecular weight is 287 g/mol. The van der Waals surface area contributed by atoms with Gasteiger partial charge in [0.2, 0.25) is 11.7 Å². The number of nitrogens with one attached hydrogen (secondary N) is 1. The van der Waals surface area contributed by atoms with Gasteiger partial charge in [-0.2, -0.15) is 4.98 Å². The van der Waals surface area contributed by atoms with E-state index >= 15 is 0 Å². The molecule has 0 saturated heterocycles. The summed E-state index contributed by atoms with van der Waals surface area (Å²) in [6.07, 6.45) is 3.16. The van der Waals surface area contributed by atoms with Gasteiger partial charge in [0.1, 0.15) is 5.54 Å². The molecule has 0 atom stereocenters. The van der Waals surface area contributed by atoms with Crippen LogP contribution in [0, 0.1) is 6.92 Å². The molecule has 2 aromatic rings. The van der Waals surface area contributed by atoms with Crippen molar-refractivity contribution in [2.45, 2.75) is 38.1 Å². The highest BCUT2D eigenvalue weighted by Gasteiger charge is 2.41. The number of carboxylic acids is 1. The number of anilines is 1. The summed E-state index contributed by atoms with van der Waals surface area (Å²) in [4.78, 5) is 15.8. The Balaban J connectivity index is 1.88. The molecule has 6 heteroatoms. The second-order valence-electron chi connectivity index (χ2n) is 5.44. The third-order valence-corrected chi connectivity index (χ3v) is 3.90. The molecule has 21 heavy (non-hydrogen) atoms. The molecule has 0 bridgehead atoms. The minimum absolute atomic E-state index is 0.501. The molecular formula is C15H17N3O3. The summed E-state index contributed by atoms with van der Waals surface area (Å²) in [5.41, 5.74) is 0.709. The number of rotatable bonds is 4. The van der Waals surface area contributed by atoms with E-state index in [2.05, 4.69) is 15.5 Å². The summed E-state index contributed by atoms with van der Waals surface area (Å²) < 4.78 is 4.97. The molecule has 1 fully saturated rings. The molecule has 6 nitrogen and oxygen atoms in total. The second-order valence-corrected chi connectivity index (χ2v) is 5.44. The lowest BCUT2D eigenvalue weighted by Gasteiger charge is -2.26. The fraction of sp³-hybridized carbons (Fsp3) is 0.400. The van der Waals surface area contributed by atoms with Gasteiger partial charge in [0.05, 0.1) is 0 Å². The maximum atomic E-state index is 11.6. The minimum atomic E-state index is -0.855. The van der Waals surface area contributed by atoms with Crippen LogP contribution in [0.3, 0.4) is 0 Å². The first-order valence-electron chi connectivity index (χ1n) is 7.01. The third kappa shape index (κ3) is 2.61. The summed E-state index contributed by atoms with van der Waals surface area (Å²) in [5.74, 6) is 0.217. The van der Waals surface area contributed by atoms with Crippen molar-refractivity contribution in [3.8, 4) is 11.4 Å². The van der Waals surface area contributed by atoms with Crippen molar-refractivity contribution in [1.82, 2.24) is 10.1 Å². The van der Waals surface area contributed by atoms with Crippen molar-refractivity contribution in [2.24, 2.45) is 0 Å². The molecule has 0 spiro atoms. The third-order valence-electron chi connectivity index (χ3n) is 3.90. The highest BCUT2D eigenvalue weighted by molar-refractivity contribution is 5.83. The monoisotopic (exact) mass is 287 g/mol. The standard InChI is InChI=1S/C15H17N3O3/c1-10-16-13(18-21-10)11-5-4-6-12(9-11)17-15(14(19)20)7-2-3-8-15/h4-6,9,17H,2-3,7-8H2,1H3,(H,19,20). The number of hydrogen-bond acceptors (Lipinski definition) is 5. The van der Waals surface area contributed by atoms with Crippen LogP contribution in [0.5, 0.6) is 0 Å². The van der Waals surface area contributed by atoms with Crippen LogP contribution < -0.4 is 5.32 Å². The summed E-state index contributed by atoms with van der Waals surface area (Å²) in [5, 5.41) is 16.6. The quantitative estimate of drug-likeness (QED) is 0.899. The molecule has 0 amide bonds. The van der Waals surface area contributed by atoms with Crippen molar-refractivity contribution >= 4 is 11.7 Å². The van der Waals surface area contributed by atoms with E-state index in [4.69, 9.17) is 4.52 Å². The number of carboxylic acid groups (broad SMARTS) is 1. The Morgan fingerprint density at radius 2 is 2.14 bits per heavy atom. The van der Waals surface area contributed by atoms with Crippen LogP contribution in [0.25, 0.3) is 11.4 Å². The van der Waals surface area contributed by atoms with E-state index in [0.29, 0.717) is 24.6 Å². The van der Waals surface area contributed by atoms with E-state index in [1.54, 1.807) is 6.92 Å². The van der Waals surface area contributed by atoms with Gasteiger partial charge in [-0.3, -0.25) is 0 Å². The lowest BCUT2D eigenvalue weighted by molar-refractivity contribution is -0.142. The van der Waals surface area contributed by atoms with Crippen LogP contribution >= 0.6 is 0 Å². The molecule has 0 radical (unpaired) electrons. The fourth-order valence-electron chi connectivity index (χ4n) is 2.80. The summed E-state index contributed by atoms with van der Waals surface area (Å²) in [6, 6.07) is 7.44. The van der Waals surface area contributed by atoms with E-state index in [1.165, 1.54) is 0 Å². The van der Waals surface area contributed by atoms with Gasteiger partial charge in [-0.05, 0) is 25.0 Å². The minimum Gasteiger partial charge on any atom is -0.480 e. The number of aromatic nitrogens is 2. The van der Waals surface area contributed by atoms with Gasteiger partial charge in [0.15, 0.2) is 0 Å². The molecule has 110 valence electrons. The maximum Gasteiger partial charge on any atom is 0.329 e. The Bertz CT molecular complexity index is 660. The molecule has 1 heterocycles. The van der Waals surface area contributed by atoms with E-state index in [1.807, 2.05) is 24.3 Å². The van der Waals surface area contributed by atoms with E-state index in [-0.39, 0.29) is 0 Å². The van der Waals surface area contributed by atoms with Gasteiger partial charge in [-0.25, -0.2) is 4.79 Å². The lowest BCUT2D eigenvalue weighted by Crippen LogP contribution is -2.43. The van der Waals surface area contributed by atoms with Gasteiger partial charge < -0.3 is 14.9 Å². The van der Waals surface area contributed by atoms with Crippen molar-refractivity contribution in [3.63, 3.8) is 0 Å². The first-order valence-corrected chi connectivity index (χ1v) is 7.01. The highest BCUT2D eigenvalue weighted by atomic mass is 16.5. The maximum absolute atomic E-state index is 11.6. The molecule has 0 aliphatic heterocycles. The van der Waals surface area contributed by atoms with Gasteiger partial charge in [0.25, 0.3) is 0 Å². The number of aliphatic carboxylic acids is 1. The largest absolute Gasteiger partial charge is 0.480 e. The Labute approximate surface area is 122 Å². The van der Waals surface area contributed by atoms with Crippen molar-refractivity contribution in [2.75, 3.05) is 5.32 Å². The predicted molar refractivity (Wildman–Crippen MR) is 76.9 cm³/mol. The van der Waals surface area contributed by atoms with Crippen molar-refractivity contribution in [3.05, 3.63) is 30.2 Å². The van der Waals surface area contributed by atoms with Gasteiger partial charge in [-0.1, -0.05) is 30.1 Å². The average Bonchev–Trinajstić information content (AvgIpc) is 3.09. The van der Waals surface area contributed by atoms with Crippen molar-refractivity contribution in [1.29, 1.82) is 0 Å². The topological polar surface area (TPSA) is 88.2 Å². The van der Waals surface area contributed by atoms with Gasteiger partial charge in [-0.15, -0.1) is 0 Å². The molecule has 1 aliphatic rings. The Morgan fingerprint density at radius 1 is 1.38 bits per heavy atom. The van der Waals surface area contributed by atoms with Crippen LogP contribution in [0.4, 0.5) is 5.69 Å². The molecule has 1 aromatic carbocycles. The van der Waals surface area contributed by atoms with Gasteiger partial charge >= 0.3 is 5.97 Å². The first kappa shape index (κ1) is 13.6. The van der Waals surface area contributed by atoms with Crippen LogP contribution in [0.2, 0.25) is 0 Å². The van der Waals surface area contributed by atoms with Crippen LogP contribution in [-0.2, 0) is 4.79 Å². The van der Waals surface area contributed by atoms with Gasteiger partial charge in [0, 0.05) is 18.2 Å². The smallest absolute Gasteiger partial charge is 0.329 e. The fourth-order valence-corrected chi connectivity index (χ4v) is 2.80. The Morgan fingerprint density at radius 3 is 2.76 bits per heavy atom. The van der Waals surface area contributed by atoms with E-state index in [9.17, 15) is 9.90 Å². The highest BCUT2D eigenvalue weighted by Crippen LogP contribution is 2.34. The Kier molecular flexibility index (Phi) is 3.37. The zero-order chi connectivity index (χ0) is 14.9. The van der Waals surface area contributed by atoms with Crippen molar-refractivity contribution < 1.29 is 14.4 Å². The number of hydrogen-bond donors (Lipinski definition) is 2. The SMILES string of the molecule is Cc1nc(-c2cccc(NC3(C(=O)O)CCCC3)c2)no1. The van der Waals surface area contributed by atoms with Crippen LogP contribution in [0.15, 0.2) is 28.8 Å². The molecule has 2 N–H and O–H groups in total. The second kappa shape index (κ2) is 5.20. The van der Waals surface area contributed by atoms with Crippen LogP contribution in [0.1, 0.15) is 31.6 Å². The molecule has 3 rings (SSSR count). The van der Waals surface area contributed by atoms with Crippen LogP contribution in [-0.4, -0.2) is 26.8 Å². The Hall–Kier alpha value is -2.37. The summed E-state index contributed by atoms with van der Waals surface area (Å²) >= 11 is 0. The lowest BCUT2D eigenvalue weighted by atomic mass is 9.97. The number of benzene rings is 1. The summed E-state index contributed by atoms with van der Waals surface area (Å²) in [6.45, 7) is 1.73. The first-order chi connectivity index (χ1) is 10.1. The zero-order valence-electron chi connectivity index (χ0n) is 11.8. The normalized spacial score (nSPS) is 16.8. The zero-order valence-corrected chi connectivity index (χ0v) is 11.8. The predicted octanol–water partition coefficient (Wildman–Crippen LogP) is 2.85. The number of aryl methyl sites for hydroxylation is 1. The number of nitrogens with zero attached hydrogens (tertiary/aromatic N) is 2. The van der Waals surface area contributed by atoms with E-state index < -0.39 is 11.5 Å². The van der Waals surface area contributed by atoms with E-state index in [0.717, 1.165) is 24.1 Å².